The minimum Gasteiger partial charge on any atom is -0.382 e. The van der Waals surface area contributed by atoms with Crippen LogP contribution in [0.2, 0.25) is 0 Å². The van der Waals surface area contributed by atoms with Gasteiger partial charge in [-0.3, -0.25) is 0 Å². The van der Waals surface area contributed by atoms with Crippen LogP contribution in [-0.4, -0.2) is 6.04 Å². The predicted molar refractivity (Wildman–Crippen MR) is 56.8 cm³/mol. The molecule has 2 rings (SSSR count). The minimum absolute atomic E-state index is 0.174. The van der Waals surface area contributed by atoms with Crippen LogP contribution in [0.1, 0.15) is 26.7 Å². The molecule has 0 heterocycles. The van der Waals surface area contributed by atoms with Gasteiger partial charge in [0.15, 0.2) is 0 Å². The van der Waals surface area contributed by atoms with Gasteiger partial charge in [-0.1, -0.05) is 19.9 Å². The molecule has 1 nitrogen and oxygen atoms in total. The lowest BCUT2D eigenvalue weighted by atomic mass is 9.67. The molecule has 0 saturated heterocycles. The molecule has 1 N–H and O–H groups in total. The van der Waals surface area contributed by atoms with E-state index in [0.29, 0.717) is 11.5 Å². The summed E-state index contributed by atoms with van der Waals surface area (Å²) in [6.07, 6.45) is 2.43. The summed E-state index contributed by atoms with van der Waals surface area (Å²) in [5.41, 5.74) is 1.24. The molecule has 76 valence electrons. The Hall–Kier alpha value is -1.05. The summed E-state index contributed by atoms with van der Waals surface area (Å²) in [6, 6.07) is 7.16. The van der Waals surface area contributed by atoms with Crippen molar-refractivity contribution < 1.29 is 4.39 Å². The topological polar surface area (TPSA) is 12.0 Å². The molecule has 0 amide bonds. The SMILES string of the molecule is CC1(C)CCC1Nc1cccc(F)c1. The lowest BCUT2D eigenvalue weighted by Crippen LogP contribution is -2.45. The van der Waals surface area contributed by atoms with Crippen LogP contribution in [0.5, 0.6) is 0 Å². The Labute approximate surface area is 84.3 Å². The quantitative estimate of drug-likeness (QED) is 0.758. The molecule has 1 aliphatic carbocycles. The van der Waals surface area contributed by atoms with Gasteiger partial charge in [0.05, 0.1) is 0 Å². The number of rotatable bonds is 2. The van der Waals surface area contributed by atoms with E-state index in [1.165, 1.54) is 18.9 Å². The zero-order valence-corrected chi connectivity index (χ0v) is 8.68. The second-order valence-corrected chi connectivity index (χ2v) is 4.73. The van der Waals surface area contributed by atoms with Crippen molar-refractivity contribution >= 4 is 5.69 Å². The molecule has 0 aromatic heterocycles. The molecule has 1 aromatic rings. The first-order valence-corrected chi connectivity index (χ1v) is 5.10. The van der Waals surface area contributed by atoms with Crippen LogP contribution >= 0.6 is 0 Å². The molecule has 1 fully saturated rings. The van der Waals surface area contributed by atoms with Gasteiger partial charge in [0.25, 0.3) is 0 Å². The second-order valence-electron chi connectivity index (χ2n) is 4.73. The Kier molecular flexibility index (Phi) is 2.22. The highest BCUT2D eigenvalue weighted by atomic mass is 19.1. The van der Waals surface area contributed by atoms with Crippen molar-refractivity contribution in [3.05, 3.63) is 30.1 Å². The number of benzene rings is 1. The Morgan fingerprint density at radius 3 is 2.71 bits per heavy atom. The van der Waals surface area contributed by atoms with E-state index in [1.807, 2.05) is 6.07 Å². The van der Waals surface area contributed by atoms with Gasteiger partial charge in [0.2, 0.25) is 0 Å². The van der Waals surface area contributed by atoms with Crippen LogP contribution in [0, 0.1) is 11.2 Å². The fourth-order valence-corrected chi connectivity index (χ4v) is 1.91. The first kappa shape index (κ1) is 9.50. The monoisotopic (exact) mass is 193 g/mol. The van der Waals surface area contributed by atoms with Crippen molar-refractivity contribution in [3.8, 4) is 0 Å². The predicted octanol–water partition coefficient (Wildman–Crippen LogP) is 3.43. The van der Waals surface area contributed by atoms with E-state index in [-0.39, 0.29) is 5.82 Å². The van der Waals surface area contributed by atoms with Crippen LogP contribution in [0.3, 0.4) is 0 Å². The third-order valence-corrected chi connectivity index (χ3v) is 3.19. The third kappa shape index (κ3) is 1.74. The Bertz CT molecular complexity index is 333. The first-order valence-electron chi connectivity index (χ1n) is 5.10. The fourth-order valence-electron chi connectivity index (χ4n) is 1.91. The lowest BCUT2D eigenvalue weighted by Gasteiger charge is -2.45. The molecular weight excluding hydrogens is 177 g/mol. The lowest BCUT2D eigenvalue weighted by molar-refractivity contribution is 0.160. The first-order chi connectivity index (χ1) is 6.58. The highest BCUT2D eigenvalue weighted by Crippen LogP contribution is 2.41. The molecule has 1 aromatic carbocycles. The summed E-state index contributed by atoms with van der Waals surface area (Å²) in [5, 5.41) is 3.37. The Balaban J connectivity index is 2.05. The standard InChI is InChI=1S/C12H16FN/c1-12(2)7-6-11(12)14-10-5-3-4-9(13)8-10/h3-5,8,11,14H,6-7H2,1-2H3. The average molecular weight is 193 g/mol. The number of hydrogen-bond acceptors (Lipinski definition) is 1. The van der Waals surface area contributed by atoms with Crippen LogP contribution in [0.25, 0.3) is 0 Å². The molecule has 1 saturated carbocycles. The average Bonchev–Trinajstić information content (AvgIpc) is 2.13. The van der Waals surface area contributed by atoms with E-state index in [4.69, 9.17) is 0 Å². The van der Waals surface area contributed by atoms with Crippen LogP contribution in [0.4, 0.5) is 10.1 Å². The Morgan fingerprint density at radius 2 is 2.21 bits per heavy atom. The van der Waals surface area contributed by atoms with E-state index in [2.05, 4.69) is 19.2 Å². The minimum atomic E-state index is -0.174. The van der Waals surface area contributed by atoms with Crippen molar-refractivity contribution in [2.45, 2.75) is 32.7 Å². The van der Waals surface area contributed by atoms with Crippen LogP contribution in [-0.2, 0) is 0 Å². The zero-order valence-electron chi connectivity index (χ0n) is 8.68. The van der Waals surface area contributed by atoms with Gasteiger partial charge in [0, 0.05) is 11.7 Å². The molecular formula is C12H16FN. The van der Waals surface area contributed by atoms with Gasteiger partial charge in [-0.25, -0.2) is 4.39 Å². The molecule has 2 heteroatoms. The maximum Gasteiger partial charge on any atom is 0.125 e. The maximum atomic E-state index is 12.9. The summed E-state index contributed by atoms with van der Waals surface area (Å²) in [7, 11) is 0. The molecule has 1 unspecified atom stereocenters. The molecule has 0 radical (unpaired) electrons. The van der Waals surface area contributed by atoms with Crippen molar-refractivity contribution in [2.24, 2.45) is 5.41 Å². The molecule has 0 bridgehead atoms. The summed E-state index contributed by atoms with van der Waals surface area (Å²) in [4.78, 5) is 0. The summed E-state index contributed by atoms with van der Waals surface area (Å²) < 4.78 is 12.9. The zero-order chi connectivity index (χ0) is 10.2. The van der Waals surface area contributed by atoms with Crippen molar-refractivity contribution in [1.82, 2.24) is 0 Å². The van der Waals surface area contributed by atoms with Gasteiger partial charge >= 0.3 is 0 Å². The van der Waals surface area contributed by atoms with Crippen LogP contribution < -0.4 is 5.32 Å². The van der Waals surface area contributed by atoms with E-state index < -0.39 is 0 Å². The number of nitrogens with one attached hydrogen (secondary N) is 1. The summed E-state index contributed by atoms with van der Waals surface area (Å²) in [6.45, 7) is 4.49. The second kappa shape index (κ2) is 3.26. The van der Waals surface area contributed by atoms with Crippen LogP contribution in [0.15, 0.2) is 24.3 Å². The number of hydrogen-bond donors (Lipinski definition) is 1. The van der Waals surface area contributed by atoms with E-state index >= 15 is 0 Å². The Morgan fingerprint density at radius 1 is 1.43 bits per heavy atom. The highest BCUT2D eigenvalue weighted by molar-refractivity contribution is 5.45. The van der Waals surface area contributed by atoms with Gasteiger partial charge in [0.1, 0.15) is 5.82 Å². The summed E-state index contributed by atoms with van der Waals surface area (Å²) >= 11 is 0. The van der Waals surface area contributed by atoms with Crippen molar-refractivity contribution in [1.29, 1.82) is 0 Å². The highest BCUT2D eigenvalue weighted by Gasteiger charge is 2.38. The number of anilines is 1. The molecule has 0 aliphatic heterocycles. The van der Waals surface area contributed by atoms with E-state index in [9.17, 15) is 4.39 Å². The molecule has 0 spiro atoms. The van der Waals surface area contributed by atoms with E-state index in [0.717, 1.165) is 5.69 Å². The molecule has 14 heavy (non-hydrogen) atoms. The molecule has 1 aliphatic rings. The maximum absolute atomic E-state index is 12.9. The van der Waals surface area contributed by atoms with Crippen molar-refractivity contribution in [2.75, 3.05) is 5.32 Å². The molecule has 1 atom stereocenters. The van der Waals surface area contributed by atoms with Crippen molar-refractivity contribution in [3.63, 3.8) is 0 Å². The van der Waals surface area contributed by atoms with Gasteiger partial charge < -0.3 is 5.32 Å². The summed E-state index contributed by atoms with van der Waals surface area (Å²) in [5.74, 6) is -0.174. The smallest absolute Gasteiger partial charge is 0.125 e. The normalized spacial score (nSPS) is 24.1. The van der Waals surface area contributed by atoms with Gasteiger partial charge in [-0.15, -0.1) is 0 Å². The third-order valence-electron chi connectivity index (χ3n) is 3.19. The van der Waals surface area contributed by atoms with Gasteiger partial charge in [-0.2, -0.15) is 0 Å². The largest absolute Gasteiger partial charge is 0.382 e. The van der Waals surface area contributed by atoms with E-state index in [1.54, 1.807) is 12.1 Å². The number of halogens is 1. The fraction of sp³-hybridized carbons (Fsp3) is 0.500. The van der Waals surface area contributed by atoms with Gasteiger partial charge in [-0.05, 0) is 36.5 Å².